The fourth-order valence-corrected chi connectivity index (χ4v) is 2.25. The van der Waals surface area contributed by atoms with E-state index in [1.54, 1.807) is 0 Å². The molecule has 2 aromatic rings. The van der Waals surface area contributed by atoms with Crippen molar-refractivity contribution in [3.05, 3.63) is 60.2 Å². The predicted molar refractivity (Wildman–Crippen MR) is 74.0 cm³/mol. The number of hydrogen-bond donors (Lipinski definition) is 0. The molecule has 1 unspecified atom stereocenters. The van der Waals surface area contributed by atoms with E-state index >= 15 is 0 Å². The molecule has 0 amide bonds. The Morgan fingerprint density at radius 2 is 1.56 bits per heavy atom. The molecular formula is C15H15Br. The molecule has 0 bridgehead atoms. The van der Waals surface area contributed by atoms with Crippen molar-refractivity contribution in [3.63, 3.8) is 0 Å². The summed E-state index contributed by atoms with van der Waals surface area (Å²) >= 11 is 3.62. The molecule has 0 saturated carbocycles. The van der Waals surface area contributed by atoms with Crippen molar-refractivity contribution >= 4 is 15.9 Å². The largest absolute Gasteiger partial charge is 0.0890 e. The molecule has 0 N–H and O–H groups in total. The van der Waals surface area contributed by atoms with E-state index in [9.17, 15) is 0 Å². The molecule has 0 saturated heterocycles. The molecule has 2 rings (SSSR count). The van der Waals surface area contributed by atoms with Crippen molar-refractivity contribution in [2.24, 2.45) is 0 Å². The van der Waals surface area contributed by atoms with Crippen molar-refractivity contribution in [1.82, 2.24) is 0 Å². The van der Waals surface area contributed by atoms with Gasteiger partial charge in [-0.15, -0.1) is 0 Å². The topological polar surface area (TPSA) is 0 Å². The molecule has 82 valence electrons. The molecule has 0 aliphatic carbocycles. The van der Waals surface area contributed by atoms with Gasteiger partial charge in [0, 0.05) is 4.83 Å². The van der Waals surface area contributed by atoms with Crippen molar-refractivity contribution < 1.29 is 0 Å². The molecule has 1 heteroatoms. The summed E-state index contributed by atoms with van der Waals surface area (Å²) in [5.74, 6) is 0. The van der Waals surface area contributed by atoms with Gasteiger partial charge in [-0.25, -0.2) is 0 Å². The molecule has 0 aliphatic heterocycles. The van der Waals surface area contributed by atoms with E-state index in [0.29, 0.717) is 4.83 Å². The van der Waals surface area contributed by atoms with Gasteiger partial charge in [0.25, 0.3) is 0 Å². The predicted octanol–water partition coefficient (Wildman–Crippen LogP) is 4.68. The number of benzene rings is 2. The lowest BCUT2D eigenvalue weighted by Crippen LogP contribution is -1.98. The van der Waals surface area contributed by atoms with Crippen LogP contribution in [0.3, 0.4) is 0 Å². The summed E-state index contributed by atoms with van der Waals surface area (Å²) in [5.41, 5.74) is 4.04. The van der Waals surface area contributed by atoms with Crippen LogP contribution in [-0.4, -0.2) is 4.83 Å². The molecule has 0 aromatic heterocycles. The van der Waals surface area contributed by atoms with Gasteiger partial charge in [-0.2, -0.15) is 0 Å². The minimum atomic E-state index is 0.511. The number of alkyl halides is 1. The van der Waals surface area contributed by atoms with Gasteiger partial charge in [0.2, 0.25) is 0 Å². The van der Waals surface area contributed by atoms with Gasteiger partial charge in [0.05, 0.1) is 0 Å². The normalized spacial score (nSPS) is 12.4. The maximum atomic E-state index is 3.62. The SMILES string of the molecule is CC(Br)Cc1ccccc1-c1ccccc1. The zero-order valence-corrected chi connectivity index (χ0v) is 10.9. The fourth-order valence-electron chi connectivity index (χ4n) is 1.90. The second-order valence-corrected chi connectivity index (χ2v) is 5.57. The first-order chi connectivity index (χ1) is 7.77. The van der Waals surface area contributed by atoms with Crippen molar-refractivity contribution in [2.45, 2.75) is 18.2 Å². The number of hydrogen-bond acceptors (Lipinski definition) is 0. The van der Waals surface area contributed by atoms with Crippen LogP contribution in [0.2, 0.25) is 0 Å². The Kier molecular flexibility index (Phi) is 3.79. The van der Waals surface area contributed by atoms with Crippen LogP contribution >= 0.6 is 15.9 Å². The summed E-state index contributed by atoms with van der Waals surface area (Å²) in [6.07, 6.45) is 1.06. The van der Waals surface area contributed by atoms with Crippen molar-refractivity contribution in [1.29, 1.82) is 0 Å². The molecule has 0 heterocycles. The van der Waals surface area contributed by atoms with Gasteiger partial charge in [-0.3, -0.25) is 0 Å². The fraction of sp³-hybridized carbons (Fsp3) is 0.200. The van der Waals surface area contributed by atoms with Crippen molar-refractivity contribution in [2.75, 3.05) is 0 Å². The van der Waals surface area contributed by atoms with Crippen LogP contribution in [0.15, 0.2) is 54.6 Å². The van der Waals surface area contributed by atoms with E-state index in [4.69, 9.17) is 0 Å². The molecule has 0 spiro atoms. The lowest BCUT2D eigenvalue weighted by molar-refractivity contribution is 0.961. The van der Waals surface area contributed by atoms with Gasteiger partial charge < -0.3 is 0 Å². The standard InChI is InChI=1S/C15H15Br/c1-12(16)11-14-9-5-6-10-15(14)13-7-3-2-4-8-13/h2-10,12H,11H2,1H3. The monoisotopic (exact) mass is 274 g/mol. The zero-order valence-electron chi connectivity index (χ0n) is 9.36. The summed E-state index contributed by atoms with van der Waals surface area (Å²) in [5, 5.41) is 0. The third kappa shape index (κ3) is 2.73. The Bertz CT molecular complexity index is 446. The van der Waals surface area contributed by atoms with E-state index in [-0.39, 0.29) is 0 Å². The van der Waals surface area contributed by atoms with E-state index in [2.05, 4.69) is 77.5 Å². The van der Waals surface area contributed by atoms with E-state index in [1.165, 1.54) is 16.7 Å². The highest BCUT2D eigenvalue weighted by Crippen LogP contribution is 2.25. The van der Waals surface area contributed by atoms with Crippen molar-refractivity contribution in [3.8, 4) is 11.1 Å². The number of halogens is 1. The second kappa shape index (κ2) is 5.31. The maximum absolute atomic E-state index is 3.62. The third-order valence-corrected chi connectivity index (χ3v) is 2.93. The van der Waals surface area contributed by atoms with Gasteiger partial charge >= 0.3 is 0 Å². The third-order valence-electron chi connectivity index (χ3n) is 2.60. The first kappa shape index (κ1) is 11.4. The minimum Gasteiger partial charge on any atom is -0.0890 e. The number of rotatable bonds is 3. The quantitative estimate of drug-likeness (QED) is 0.713. The van der Waals surface area contributed by atoms with Gasteiger partial charge in [0.1, 0.15) is 0 Å². The molecule has 0 fully saturated rings. The summed E-state index contributed by atoms with van der Waals surface area (Å²) in [6.45, 7) is 2.18. The Labute approximate surface area is 105 Å². The highest BCUT2D eigenvalue weighted by Gasteiger charge is 2.06. The lowest BCUT2D eigenvalue weighted by Gasteiger charge is -2.10. The smallest absolute Gasteiger partial charge is 0.0158 e. The maximum Gasteiger partial charge on any atom is 0.0158 e. The molecular weight excluding hydrogens is 260 g/mol. The Hall–Kier alpha value is -1.08. The van der Waals surface area contributed by atoms with Gasteiger partial charge in [0.15, 0.2) is 0 Å². The van der Waals surface area contributed by atoms with Gasteiger partial charge in [-0.1, -0.05) is 77.5 Å². The second-order valence-electron chi connectivity index (χ2n) is 4.01. The first-order valence-electron chi connectivity index (χ1n) is 5.55. The van der Waals surface area contributed by atoms with Crippen LogP contribution in [0.5, 0.6) is 0 Å². The molecule has 2 aromatic carbocycles. The highest BCUT2D eigenvalue weighted by molar-refractivity contribution is 9.09. The minimum absolute atomic E-state index is 0.511. The van der Waals surface area contributed by atoms with Crippen LogP contribution in [-0.2, 0) is 6.42 Å². The van der Waals surface area contributed by atoms with Crippen LogP contribution in [0, 0.1) is 0 Å². The van der Waals surface area contributed by atoms with Crippen LogP contribution in [0.1, 0.15) is 12.5 Å². The zero-order chi connectivity index (χ0) is 11.4. The Balaban J connectivity index is 2.41. The first-order valence-corrected chi connectivity index (χ1v) is 6.46. The summed E-state index contributed by atoms with van der Waals surface area (Å²) < 4.78 is 0. The van der Waals surface area contributed by atoms with E-state index in [0.717, 1.165) is 6.42 Å². The van der Waals surface area contributed by atoms with E-state index in [1.807, 2.05) is 0 Å². The summed E-state index contributed by atoms with van der Waals surface area (Å²) in [4.78, 5) is 0.511. The molecule has 0 aliphatic rings. The van der Waals surface area contributed by atoms with Gasteiger partial charge in [-0.05, 0) is 23.1 Å². The van der Waals surface area contributed by atoms with Crippen LogP contribution < -0.4 is 0 Å². The summed E-state index contributed by atoms with van der Waals surface area (Å²) in [7, 11) is 0. The highest BCUT2D eigenvalue weighted by atomic mass is 79.9. The molecule has 16 heavy (non-hydrogen) atoms. The van der Waals surface area contributed by atoms with E-state index < -0.39 is 0 Å². The lowest BCUT2D eigenvalue weighted by atomic mass is 9.97. The molecule has 1 atom stereocenters. The molecule has 0 nitrogen and oxygen atoms in total. The van der Waals surface area contributed by atoms with Crippen LogP contribution in [0.4, 0.5) is 0 Å². The van der Waals surface area contributed by atoms with Crippen LogP contribution in [0.25, 0.3) is 11.1 Å². The Morgan fingerprint density at radius 3 is 2.25 bits per heavy atom. The summed E-state index contributed by atoms with van der Waals surface area (Å²) in [6, 6.07) is 19.2. The average Bonchev–Trinajstić information content (AvgIpc) is 2.30. The average molecular weight is 275 g/mol. The molecule has 0 radical (unpaired) electrons. The Morgan fingerprint density at radius 1 is 0.938 bits per heavy atom.